The van der Waals surface area contributed by atoms with Crippen LogP contribution in [0.3, 0.4) is 0 Å². The Kier molecular flexibility index (Phi) is 8.16. The van der Waals surface area contributed by atoms with E-state index in [1.165, 1.54) is 0 Å². The number of carbonyl (C=O) groups is 3. The average Bonchev–Trinajstić information content (AvgIpc) is 3.05. The van der Waals surface area contributed by atoms with Crippen molar-refractivity contribution in [3.63, 3.8) is 0 Å². The van der Waals surface area contributed by atoms with Gasteiger partial charge in [-0.05, 0) is 34.4 Å². The minimum absolute atomic E-state index is 0.225. The second kappa shape index (κ2) is 12.1. The number of hydrogen-bond acceptors (Lipinski definition) is 7. The van der Waals surface area contributed by atoms with Crippen molar-refractivity contribution < 1.29 is 39.2 Å². The molecule has 0 radical (unpaired) electrons. The van der Waals surface area contributed by atoms with Gasteiger partial charge in [0.25, 0.3) is 0 Å². The largest absolute Gasteiger partial charge is 0.478 e. The Morgan fingerprint density at radius 1 is 0.465 bits per heavy atom. The van der Waals surface area contributed by atoms with Crippen LogP contribution in [-0.2, 0) is 20.8 Å². The van der Waals surface area contributed by atoms with Crippen LogP contribution >= 0.6 is 0 Å². The van der Waals surface area contributed by atoms with Crippen LogP contribution in [0.1, 0.15) is 32.6 Å². The predicted octanol–water partition coefficient (Wildman–Crippen LogP) is 5.07. The van der Waals surface area contributed by atoms with Gasteiger partial charge in [0.2, 0.25) is 11.2 Å². The van der Waals surface area contributed by atoms with Gasteiger partial charge in [0.05, 0.1) is 5.56 Å². The van der Waals surface area contributed by atoms with Crippen LogP contribution in [0.4, 0.5) is 0 Å². The van der Waals surface area contributed by atoms with Gasteiger partial charge in [-0.2, -0.15) is 0 Å². The second-order valence-electron chi connectivity index (χ2n) is 9.66. The van der Waals surface area contributed by atoms with Crippen molar-refractivity contribution in [3.8, 4) is 11.5 Å². The molecule has 0 saturated carbocycles. The lowest BCUT2D eigenvalue weighted by atomic mass is 9.86. The first kappa shape index (κ1) is 28.9. The highest BCUT2D eigenvalue weighted by Crippen LogP contribution is 2.35. The van der Waals surface area contributed by atoms with Crippen molar-refractivity contribution in [2.45, 2.75) is 11.2 Å². The Labute approximate surface area is 247 Å². The molecule has 0 heterocycles. The second-order valence-corrected chi connectivity index (χ2v) is 9.66. The summed E-state index contributed by atoms with van der Waals surface area (Å²) in [7, 11) is 0. The molecule has 43 heavy (non-hydrogen) atoms. The summed E-state index contributed by atoms with van der Waals surface area (Å²) < 4.78 is 11.1. The first-order valence-corrected chi connectivity index (χ1v) is 13.2. The molecule has 0 fully saturated rings. The Hall–Kier alpha value is -5.57. The van der Waals surface area contributed by atoms with E-state index in [4.69, 9.17) is 9.47 Å². The number of carbonyl (C=O) groups excluding carboxylic acids is 2. The van der Waals surface area contributed by atoms with Crippen LogP contribution in [0.5, 0.6) is 11.5 Å². The van der Waals surface area contributed by atoms with Gasteiger partial charge >= 0.3 is 17.9 Å². The Morgan fingerprint density at radius 2 is 0.744 bits per heavy atom. The minimum Gasteiger partial charge on any atom is -0.478 e. The third-order valence-electron chi connectivity index (χ3n) is 6.91. The number of rotatable bonds is 9. The van der Waals surface area contributed by atoms with E-state index < -0.39 is 29.1 Å². The van der Waals surface area contributed by atoms with Crippen LogP contribution < -0.4 is 9.47 Å². The summed E-state index contributed by atoms with van der Waals surface area (Å²) >= 11 is 0. The highest BCUT2D eigenvalue weighted by Gasteiger charge is 2.43. The molecule has 0 aromatic heterocycles. The first-order chi connectivity index (χ1) is 20.7. The number of carboxylic acids is 1. The summed E-state index contributed by atoms with van der Waals surface area (Å²) in [5, 5.41) is 33.2. The Morgan fingerprint density at radius 3 is 1.00 bits per heavy atom. The number of benzene rings is 5. The quantitative estimate of drug-likeness (QED) is 0.164. The molecule has 0 aliphatic rings. The zero-order chi connectivity index (χ0) is 30.5. The molecule has 0 aliphatic heterocycles. The topological polar surface area (TPSA) is 130 Å². The van der Waals surface area contributed by atoms with E-state index in [9.17, 15) is 29.7 Å². The molecule has 0 amide bonds. The lowest BCUT2D eigenvalue weighted by Crippen LogP contribution is -2.40. The maximum Gasteiger partial charge on any atom is 0.353 e. The van der Waals surface area contributed by atoms with Crippen molar-refractivity contribution in [3.05, 3.63) is 167 Å². The highest BCUT2D eigenvalue weighted by molar-refractivity contribution is 5.92. The van der Waals surface area contributed by atoms with Crippen LogP contribution in [0.25, 0.3) is 0 Å². The Bertz CT molecular complexity index is 1540. The molecule has 0 atom stereocenters. The molecule has 5 aromatic carbocycles. The molecule has 214 valence electrons. The predicted molar refractivity (Wildman–Crippen MR) is 156 cm³/mol. The van der Waals surface area contributed by atoms with E-state index in [1.54, 1.807) is 121 Å². The van der Waals surface area contributed by atoms with E-state index in [2.05, 4.69) is 0 Å². The SMILES string of the molecule is O=C(O)c1cc(OC(=O)C(O)(c2ccccc2)c2ccccc2)cc(OC(=O)C(O)(c2ccccc2)c2ccccc2)c1. The zero-order valence-corrected chi connectivity index (χ0v) is 22.7. The van der Waals surface area contributed by atoms with Gasteiger partial charge in [-0.25, -0.2) is 14.4 Å². The van der Waals surface area contributed by atoms with Crippen molar-refractivity contribution in [2.75, 3.05) is 0 Å². The van der Waals surface area contributed by atoms with E-state index in [0.717, 1.165) is 18.2 Å². The van der Waals surface area contributed by atoms with Crippen molar-refractivity contribution in [1.82, 2.24) is 0 Å². The van der Waals surface area contributed by atoms with Gasteiger partial charge in [0.15, 0.2) is 0 Å². The lowest BCUT2D eigenvalue weighted by Gasteiger charge is -2.28. The monoisotopic (exact) mass is 574 g/mol. The van der Waals surface area contributed by atoms with E-state index in [-0.39, 0.29) is 39.3 Å². The fourth-order valence-corrected chi connectivity index (χ4v) is 4.70. The van der Waals surface area contributed by atoms with Gasteiger partial charge in [-0.15, -0.1) is 0 Å². The minimum atomic E-state index is -2.25. The van der Waals surface area contributed by atoms with Crippen LogP contribution in [0.2, 0.25) is 0 Å². The Balaban J connectivity index is 1.52. The number of ether oxygens (including phenoxy) is 2. The van der Waals surface area contributed by atoms with Crippen LogP contribution in [0.15, 0.2) is 140 Å². The maximum atomic E-state index is 13.6. The van der Waals surface area contributed by atoms with Crippen LogP contribution in [-0.4, -0.2) is 33.2 Å². The van der Waals surface area contributed by atoms with E-state index in [0.29, 0.717) is 0 Å². The number of esters is 2. The van der Waals surface area contributed by atoms with Gasteiger partial charge < -0.3 is 24.8 Å². The summed E-state index contributed by atoms with van der Waals surface area (Å²) in [5.41, 5.74) is -3.96. The molecule has 8 heteroatoms. The summed E-state index contributed by atoms with van der Waals surface area (Å²) in [4.78, 5) is 39.2. The first-order valence-electron chi connectivity index (χ1n) is 13.2. The third-order valence-corrected chi connectivity index (χ3v) is 6.91. The highest BCUT2D eigenvalue weighted by atomic mass is 16.6. The lowest BCUT2D eigenvalue weighted by molar-refractivity contribution is -0.152. The summed E-state index contributed by atoms with van der Waals surface area (Å²) in [6, 6.07) is 35.9. The smallest absolute Gasteiger partial charge is 0.353 e. The molecule has 8 nitrogen and oxygen atoms in total. The number of carboxylic acid groups (broad SMARTS) is 1. The fourth-order valence-electron chi connectivity index (χ4n) is 4.70. The normalized spacial score (nSPS) is 11.4. The molecule has 0 bridgehead atoms. The molecule has 3 N–H and O–H groups in total. The van der Waals surface area contributed by atoms with Gasteiger partial charge in [-0.3, -0.25) is 0 Å². The fraction of sp³-hybridized carbons (Fsp3) is 0.0571. The number of aliphatic hydroxyl groups is 2. The standard InChI is InChI=1S/C35H26O8/c36-31(37)24-21-29(42-32(38)34(40,25-13-5-1-6-14-25)26-15-7-2-8-16-26)23-30(22-24)43-33(39)35(41,27-17-9-3-10-18-27)28-19-11-4-12-20-28/h1-23,40-41H,(H,36,37). The van der Waals surface area contributed by atoms with Gasteiger partial charge in [0, 0.05) is 6.07 Å². The molecular weight excluding hydrogens is 548 g/mol. The summed E-state index contributed by atoms with van der Waals surface area (Å²) in [6.45, 7) is 0. The van der Waals surface area contributed by atoms with Gasteiger partial charge in [0.1, 0.15) is 11.5 Å². The molecule has 5 rings (SSSR count). The van der Waals surface area contributed by atoms with E-state index >= 15 is 0 Å². The number of hydrogen-bond donors (Lipinski definition) is 3. The molecule has 5 aromatic rings. The summed E-state index contributed by atoms with van der Waals surface area (Å²) in [5.74, 6) is -4.23. The van der Waals surface area contributed by atoms with Crippen LogP contribution in [0, 0.1) is 0 Å². The maximum absolute atomic E-state index is 13.6. The third kappa shape index (κ3) is 5.78. The van der Waals surface area contributed by atoms with Crippen molar-refractivity contribution >= 4 is 17.9 Å². The van der Waals surface area contributed by atoms with Gasteiger partial charge in [-0.1, -0.05) is 121 Å². The van der Waals surface area contributed by atoms with Crippen molar-refractivity contribution in [1.29, 1.82) is 0 Å². The molecule has 0 unspecified atom stereocenters. The molecular formula is C35H26O8. The molecule has 0 aliphatic carbocycles. The van der Waals surface area contributed by atoms with Crippen molar-refractivity contribution in [2.24, 2.45) is 0 Å². The zero-order valence-electron chi connectivity index (χ0n) is 22.7. The van der Waals surface area contributed by atoms with E-state index in [1.807, 2.05) is 0 Å². The molecule has 0 spiro atoms. The average molecular weight is 575 g/mol. The summed E-state index contributed by atoms with van der Waals surface area (Å²) in [6.07, 6.45) is 0. The molecule has 0 saturated heterocycles. The number of aromatic carboxylic acids is 1.